The standard InChI is InChI=1S/C15H14O.C14H18O.C14H12O.C13H16O.C12H14O.C12H16O.C11H12O.C11H14O/c1-11-3-6-13(7-4-11)14-8-5-12(2)15(16)10-9-14;2*1-11-7-8-13(9-10-14(11)15)12-5-3-2-4-6-12;1-10-6-7-12(8-9-13(10)14)11-4-2-3-5-11;1-9-5-6-11(7-8-12(9)13)10-3-2-4-10;1-4-9(2)11-6-5-10(3)12(13)8-7-11;1-8-2-3-9(10-4-5-10)6-7-11(8)12;1-8(2)10-5-4-9(3)11(12)7-6-10/h3-10H,1-2H3;7-10,12H,2-6H2,1H3;2-10H,1H3;6-9,11H,2-5H2,1H3;5-8,10H,2-4H2,1H3;5-9H,4H2,1-3H3;2-3,6-7,10H,4-5H2,1H3;4-8H,1-3H3. The van der Waals surface area contributed by atoms with E-state index in [1.54, 1.807) is 48.5 Å². The molecule has 0 N–H and O–H groups in total. The maximum atomic E-state index is 11.5. The van der Waals surface area contributed by atoms with Crippen LogP contribution in [-0.4, -0.2) is 0 Å². The van der Waals surface area contributed by atoms with Gasteiger partial charge in [-0.05, 0) is 304 Å². The smallest absolute Gasteiger partial charge is 0.181 e. The first kappa shape index (κ1) is 86.8. The van der Waals surface area contributed by atoms with E-state index in [9.17, 15) is 38.4 Å². The Balaban J connectivity index is 0.000000175. The zero-order valence-electron chi connectivity index (χ0n) is 67.5. The minimum Gasteiger partial charge on any atom is -0.290 e. The summed E-state index contributed by atoms with van der Waals surface area (Å²) in [4.78, 5) is 90.7. The van der Waals surface area contributed by atoms with Crippen LogP contribution in [-0.2, 0) is 0 Å². The van der Waals surface area contributed by atoms with Gasteiger partial charge in [-0.15, -0.1) is 0 Å². The summed E-state index contributed by atoms with van der Waals surface area (Å²) in [5.41, 5.74) is 21.0. The summed E-state index contributed by atoms with van der Waals surface area (Å²) >= 11 is 0. The van der Waals surface area contributed by atoms with Gasteiger partial charge in [-0.1, -0.05) is 272 Å². The lowest BCUT2D eigenvalue weighted by atomic mass is 9.81. The number of benzene rings is 2. The van der Waals surface area contributed by atoms with Crippen LogP contribution in [0.3, 0.4) is 0 Å². The van der Waals surface area contributed by atoms with Gasteiger partial charge in [0.1, 0.15) is 0 Å². The SMILES string of the molecule is CCC(C)c1ccc(C)c(=O)cc1.Cc1ccc(-c2ccc(C)c(=O)cc2)cc1.Cc1ccc(-c2ccccc2)ccc1=O.Cc1ccc(C(C)C)ccc1=O.Cc1ccc(C2CC2)ccc1=O.Cc1ccc(C2CCC2)ccc1=O.Cc1ccc(C2CCCC2)ccc1=O.Cc1ccc(C2CCCCC2)ccc1=O. The fourth-order valence-corrected chi connectivity index (χ4v) is 12.9. The largest absolute Gasteiger partial charge is 0.290 e. The van der Waals surface area contributed by atoms with Gasteiger partial charge >= 0.3 is 0 Å². The Morgan fingerprint density at radius 1 is 0.236 bits per heavy atom. The second-order valence-corrected chi connectivity index (χ2v) is 30.5. The van der Waals surface area contributed by atoms with Gasteiger partial charge in [-0.3, -0.25) is 38.4 Å². The maximum absolute atomic E-state index is 11.5. The molecule has 110 heavy (non-hydrogen) atoms. The molecule has 8 nitrogen and oxygen atoms in total. The fourth-order valence-electron chi connectivity index (χ4n) is 12.9. The van der Waals surface area contributed by atoms with Crippen LogP contribution in [0.25, 0.3) is 22.3 Å². The minimum absolute atomic E-state index is 0.0807. The molecule has 0 aliphatic heterocycles. The van der Waals surface area contributed by atoms with Crippen LogP contribution < -0.4 is 43.4 Å². The highest BCUT2D eigenvalue weighted by Gasteiger charge is 2.23. The van der Waals surface area contributed by atoms with Crippen molar-refractivity contribution >= 4 is 0 Å². The van der Waals surface area contributed by atoms with Gasteiger partial charge in [0.2, 0.25) is 0 Å². The van der Waals surface area contributed by atoms with Gasteiger partial charge in [0, 0.05) is 0 Å². The summed E-state index contributed by atoms with van der Waals surface area (Å²) in [6.45, 7) is 25.5. The maximum Gasteiger partial charge on any atom is 0.181 e. The van der Waals surface area contributed by atoms with E-state index < -0.39 is 0 Å². The van der Waals surface area contributed by atoms with Crippen LogP contribution in [0.4, 0.5) is 0 Å². The van der Waals surface area contributed by atoms with Crippen LogP contribution in [0.2, 0.25) is 0 Å². The monoisotopic (exact) mass is 1470 g/mol. The van der Waals surface area contributed by atoms with Gasteiger partial charge in [-0.2, -0.15) is 0 Å². The summed E-state index contributed by atoms with van der Waals surface area (Å²) < 4.78 is 0. The summed E-state index contributed by atoms with van der Waals surface area (Å²) in [7, 11) is 0. The fraction of sp³-hybridized carbons (Fsp3) is 0.333. The van der Waals surface area contributed by atoms with Crippen molar-refractivity contribution in [3.8, 4) is 22.3 Å². The minimum atomic E-state index is 0.0807. The summed E-state index contributed by atoms with van der Waals surface area (Å²) in [5, 5.41) is 0. The molecule has 8 heteroatoms. The molecule has 4 aliphatic carbocycles. The lowest BCUT2D eigenvalue weighted by Gasteiger charge is -2.24. The zero-order valence-corrected chi connectivity index (χ0v) is 67.5. The third-order valence-electron chi connectivity index (χ3n) is 21.5. The van der Waals surface area contributed by atoms with E-state index >= 15 is 0 Å². The topological polar surface area (TPSA) is 137 Å². The predicted molar refractivity (Wildman–Crippen MR) is 464 cm³/mol. The highest BCUT2D eigenvalue weighted by molar-refractivity contribution is 5.64. The number of hydrogen-bond donors (Lipinski definition) is 0. The van der Waals surface area contributed by atoms with E-state index in [-0.39, 0.29) is 43.4 Å². The number of hydrogen-bond acceptors (Lipinski definition) is 8. The molecule has 4 saturated carbocycles. The first-order chi connectivity index (χ1) is 52.8. The molecule has 14 rings (SSSR count). The van der Waals surface area contributed by atoms with Crippen LogP contribution in [0.15, 0.2) is 287 Å². The molecule has 1 atom stereocenters. The van der Waals surface area contributed by atoms with Crippen molar-refractivity contribution in [2.45, 2.75) is 222 Å². The van der Waals surface area contributed by atoms with Crippen molar-refractivity contribution in [2.24, 2.45) is 0 Å². The Morgan fingerprint density at radius 3 is 0.773 bits per heavy atom. The molecule has 0 aromatic heterocycles. The van der Waals surface area contributed by atoms with E-state index in [2.05, 4.69) is 83.1 Å². The Bertz CT molecular complexity index is 5020. The van der Waals surface area contributed by atoms with Gasteiger partial charge in [0.25, 0.3) is 0 Å². The lowest BCUT2D eigenvalue weighted by Crippen LogP contribution is -2.07. The van der Waals surface area contributed by atoms with Crippen molar-refractivity contribution in [3.63, 3.8) is 0 Å². The van der Waals surface area contributed by atoms with E-state index in [0.717, 1.165) is 79.1 Å². The van der Waals surface area contributed by atoms with Crippen molar-refractivity contribution in [3.05, 3.63) is 414 Å². The van der Waals surface area contributed by atoms with Gasteiger partial charge < -0.3 is 0 Å². The molecule has 1 unspecified atom stereocenters. The summed E-state index contributed by atoms with van der Waals surface area (Å²) in [6, 6.07) is 79.0. The Hall–Kier alpha value is -10.4. The van der Waals surface area contributed by atoms with Crippen molar-refractivity contribution in [2.75, 3.05) is 0 Å². The predicted octanol–water partition coefficient (Wildman–Crippen LogP) is 23.0. The molecular weight excluding hydrogens is 1350 g/mol. The molecule has 10 aromatic rings. The van der Waals surface area contributed by atoms with Crippen molar-refractivity contribution in [1.29, 1.82) is 0 Å². The molecule has 10 aromatic carbocycles. The molecule has 0 radical (unpaired) electrons. The summed E-state index contributed by atoms with van der Waals surface area (Å²) in [5.74, 6) is 3.84. The molecular formula is C102H116O8. The zero-order chi connectivity index (χ0) is 79.7. The molecule has 0 bridgehead atoms. The highest BCUT2D eigenvalue weighted by atomic mass is 16.1. The van der Waals surface area contributed by atoms with Gasteiger partial charge in [-0.25, -0.2) is 0 Å². The molecule has 572 valence electrons. The average molecular weight is 1470 g/mol. The van der Waals surface area contributed by atoms with E-state index in [0.29, 0.717) is 29.6 Å². The van der Waals surface area contributed by atoms with Crippen molar-refractivity contribution < 1.29 is 0 Å². The Kier molecular flexibility index (Phi) is 35.4. The summed E-state index contributed by atoms with van der Waals surface area (Å²) in [6.07, 6.45) is 19.5. The van der Waals surface area contributed by atoms with E-state index in [1.165, 1.54) is 129 Å². The Morgan fingerprint density at radius 2 is 0.464 bits per heavy atom. The van der Waals surface area contributed by atoms with Gasteiger partial charge in [0.15, 0.2) is 43.4 Å². The average Bonchev–Trinajstić information content (AvgIpc) is 1.68. The van der Waals surface area contributed by atoms with Crippen LogP contribution >= 0.6 is 0 Å². The number of aryl methyl sites for hydroxylation is 9. The highest BCUT2D eigenvalue weighted by Crippen LogP contribution is 2.40. The van der Waals surface area contributed by atoms with E-state index in [4.69, 9.17) is 0 Å². The third kappa shape index (κ3) is 28.9. The molecule has 4 aliphatic rings. The molecule has 0 amide bonds. The quantitative estimate of drug-likeness (QED) is 0.139. The molecule has 4 fully saturated rings. The molecule has 0 heterocycles. The molecule has 0 saturated heterocycles. The third-order valence-corrected chi connectivity index (χ3v) is 21.5. The van der Waals surface area contributed by atoms with Crippen LogP contribution in [0, 0.1) is 62.3 Å². The first-order valence-corrected chi connectivity index (χ1v) is 39.8. The lowest BCUT2D eigenvalue weighted by molar-refractivity contribution is 0.420. The van der Waals surface area contributed by atoms with E-state index in [1.807, 2.05) is 207 Å². The second-order valence-electron chi connectivity index (χ2n) is 30.5. The Labute approximate surface area is 654 Å². The normalized spacial score (nSPS) is 13.8. The van der Waals surface area contributed by atoms with Crippen molar-refractivity contribution in [1.82, 2.24) is 0 Å². The molecule has 0 spiro atoms. The van der Waals surface area contributed by atoms with Gasteiger partial charge in [0.05, 0.1) is 0 Å². The first-order valence-electron chi connectivity index (χ1n) is 39.8. The second kappa shape index (κ2) is 44.9. The van der Waals surface area contributed by atoms with Crippen LogP contribution in [0.5, 0.6) is 0 Å². The number of rotatable bonds is 9. The van der Waals surface area contributed by atoms with Crippen LogP contribution in [0.1, 0.15) is 243 Å².